The Kier molecular flexibility index (Phi) is 3.60. The van der Waals surface area contributed by atoms with Crippen molar-refractivity contribution in [2.45, 2.75) is 6.92 Å². The van der Waals surface area contributed by atoms with Crippen LogP contribution in [0, 0.1) is 17.0 Å². The highest BCUT2D eigenvalue weighted by Gasteiger charge is 2.18. The summed E-state index contributed by atoms with van der Waals surface area (Å²) in [6.45, 7) is 1.73. The van der Waals surface area contributed by atoms with Crippen molar-refractivity contribution in [1.29, 1.82) is 0 Å². The molecule has 3 N–H and O–H groups in total. The summed E-state index contributed by atoms with van der Waals surface area (Å²) in [5.74, 6) is -0.470. The quantitative estimate of drug-likeness (QED) is 0.656. The van der Waals surface area contributed by atoms with Crippen molar-refractivity contribution in [1.82, 2.24) is 4.98 Å². The Hall–Kier alpha value is -2.96. The van der Waals surface area contributed by atoms with Crippen LogP contribution in [0.1, 0.15) is 15.9 Å². The molecule has 7 nitrogen and oxygen atoms in total. The number of nitrogens with zero attached hydrogens (tertiary/aromatic N) is 2. The first kappa shape index (κ1) is 13.5. The van der Waals surface area contributed by atoms with Gasteiger partial charge in [0.15, 0.2) is 0 Å². The highest BCUT2D eigenvalue weighted by Crippen LogP contribution is 2.26. The highest BCUT2D eigenvalue weighted by molar-refractivity contribution is 6.08. The first-order valence-electron chi connectivity index (χ1n) is 5.76. The largest absolute Gasteiger partial charge is 0.383 e. The predicted molar refractivity (Wildman–Crippen MR) is 74.4 cm³/mol. The van der Waals surface area contributed by atoms with Crippen molar-refractivity contribution < 1.29 is 9.72 Å². The van der Waals surface area contributed by atoms with Crippen molar-refractivity contribution in [2.75, 3.05) is 11.1 Å². The monoisotopic (exact) mass is 272 g/mol. The van der Waals surface area contributed by atoms with Crippen LogP contribution < -0.4 is 11.1 Å². The zero-order valence-electron chi connectivity index (χ0n) is 10.7. The van der Waals surface area contributed by atoms with E-state index in [1.165, 1.54) is 24.4 Å². The number of aryl methyl sites for hydroxylation is 1. The number of carbonyl (C=O) groups is 1. The lowest BCUT2D eigenvalue weighted by Crippen LogP contribution is -2.15. The first-order valence-corrected chi connectivity index (χ1v) is 5.76. The number of anilines is 2. The maximum absolute atomic E-state index is 12.0. The molecule has 1 heterocycles. The van der Waals surface area contributed by atoms with Crippen LogP contribution in [0.5, 0.6) is 0 Å². The van der Waals surface area contributed by atoms with Gasteiger partial charge in [-0.25, -0.2) is 4.98 Å². The number of nitrogens with two attached hydrogens (primary N) is 1. The fourth-order valence-electron chi connectivity index (χ4n) is 1.70. The van der Waals surface area contributed by atoms with Crippen LogP contribution in [0.15, 0.2) is 36.5 Å². The van der Waals surface area contributed by atoms with E-state index in [9.17, 15) is 14.9 Å². The van der Waals surface area contributed by atoms with Gasteiger partial charge >= 0.3 is 0 Å². The van der Waals surface area contributed by atoms with Crippen LogP contribution in [-0.2, 0) is 0 Å². The molecule has 20 heavy (non-hydrogen) atoms. The number of hydrogen-bond acceptors (Lipinski definition) is 5. The zero-order valence-corrected chi connectivity index (χ0v) is 10.7. The van der Waals surface area contributed by atoms with Crippen LogP contribution in [0.4, 0.5) is 17.2 Å². The molecule has 1 aromatic heterocycles. The number of nitrogens with one attached hydrogen (secondary N) is 1. The third-order valence-corrected chi connectivity index (χ3v) is 2.68. The summed E-state index contributed by atoms with van der Waals surface area (Å²) in [7, 11) is 0. The molecule has 102 valence electrons. The second-order valence-electron chi connectivity index (χ2n) is 4.17. The summed E-state index contributed by atoms with van der Waals surface area (Å²) in [6, 6.07) is 7.61. The summed E-state index contributed by atoms with van der Waals surface area (Å²) in [4.78, 5) is 26.3. The number of aromatic nitrogens is 1. The van der Waals surface area contributed by atoms with E-state index in [1.54, 1.807) is 19.1 Å². The molecule has 0 unspecified atom stereocenters. The van der Waals surface area contributed by atoms with Gasteiger partial charge in [0, 0.05) is 12.3 Å². The smallest absolute Gasteiger partial charge is 0.293 e. The molecule has 7 heteroatoms. The summed E-state index contributed by atoms with van der Waals surface area (Å²) >= 11 is 0. The van der Waals surface area contributed by atoms with Gasteiger partial charge in [-0.1, -0.05) is 6.07 Å². The van der Waals surface area contributed by atoms with E-state index in [0.717, 1.165) is 5.56 Å². The topological polar surface area (TPSA) is 111 Å². The van der Waals surface area contributed by atoms with E-state index in [2.05, 4.69) is 10.3 Å². The molecule has 2 rings (SSSR count). The van der Waals surface area contributed by atoms with Gasteiger partial charge in [0.25, 0.3) is 11.6 Å². The minimum absolute atomic E-state index is 0.0692. The average Bonchev–Trinajstić information content (AvgIpc) is 2.41. The van der Waals surface area contributed by atoms with Crippen LogP contribution >= 0.6 is 0 Å². The number of nitrogen functional groups attached to an aromatic ring is 1. The van der Waals surface area contributed by atoms with Gasteiger partial charge in [0.1, 0.15) is 11.5 Å². The summed E-state index contributed by atoms with van der Waals surface area (Å²) in [6.07, 6.45) is 1.46. The van der Waals surface area contributed by atoms with Crippen LogP contribution in [0.2, 0.25) is 0 Å². The van der Waals surface area contributed by atoms with Gasteiger partial charge in [0.2, 0.25) is 0 Å². The number of benzene rings is 1. The molecule has 0 bridgehead atoms. The maximum Gasteiger partial charge on any atom is 0.293 e. The summed E-state index contributed by atoms with van der Waals surface area (Å²) in [5, 5.41) is 13.5. The van der Waals surface area contributed by atoms with Gasteiger partial charge < -0.3 is 11.1 Å². The minimum atomic E-state index is -0.546. The summed E-state index contributed by atoms with van der Waals surface area (Å²) in [5.41, 5.74) is 6.45. The number of nitro groups is 1. The van der Waals surface area contributed by atoms with Crippen LogP contribution in [0.3, 0.4) is 0 Å². The van der Waals surface area contributed by atoms with Crippen molar-refractivity contribution in [3.8, 4) is 0 Å². The lowest BCUT2D eigenvalue weighted by atomic mass is 10.1. The normalized spacial score (nSPS) is 10.1. The SMILES string of the molecule is Cc1ccc(NC(=O)c2cccnc2N)c([N+](=O)[O-])c1. The molecule has 0 spiro atoms. The number of pyridine rings is 1. The summed E-state index contributed by atoms with van der Waals surface area (Å²) < 4.78 is 0. The zero-order chi connectivity index (χ0) is 14.7. The molecule has 0 radical (unpaired) electrons. The van der Waals surface area contributed by atoms with E-state index in [0.29, 0.717) is 0 Å². The van der Waals surface area contributed by atoms with E-state index in [1.807, 2.05) is 0 Å². The lowest BCUT2D eigenvalue weighted by Gasteiger charge is -2.07. The molecule has 0 atom stereocenters. The second-order valence-corrected chi connectivity index (χ2v) is 4.17. The Balaban J connectivity index is 2.33. The molecule has 0 saturated carbocycles. The third kappa shape index (κ3) is 2.72. The van der Waals surface area contributed by atoms with E-state index < -0.39 is 10.8 Å². The van der Waals surface area contributed by atoms with Crippen molar-refractivity contribution in [3.05, 3.63) is 57.8 Å². The first-order chi connectivity index (χ1) is 9.49. The fourth-order valence-corrected chi connectivity index (χ4v) is 1.70. The standard InChI is InChI=1S/C13H12N4O3/c1-8-4-5-10(11(7-8)17(19)20)16-13(18)9-3-2-6-15-12(9)14/h2-7H,1H3,(H2,14,15)(H,16,18). The predicted octanol–water partition coefficient (Wildman–Crippen LogP) is 2.13. The van der Waals surface area contributed by atoms with Gasteiger partial charge in [-0.05, 0) is 30.7 Å². The lowest BCUT2D eigenvalue weighted by molar-refractivity contribution is -0.384. The third-order valence-electron chi connectivity index (χ3n) is 2.68. The number of carbonyl (C=O) groups excluding carboxylic acids is 1. The van der Waals surface area contributed by atoms with Crippen LogP contribution in [-0.4, -0.2) is 15.8 Å². The Labute approximate surface area is 114 Å². The van der Waals surface area contributed by atoms with Crippen molar-refractivity contribution in [2.24, 2.45) is 0 Å². The average molecular weight is 272 g/mol. The highest BCUT2D eigenvalue weighted by atomic mass is 16.6. The number of rotatable bonds is 3. The maximum atomic E-state index is 12.0. The van der Waals surface area contributed by atoms with Crippen molar-refractivity contribution >= 4 is 23.1 Å². The van der Waals surface area contributed by atoms with E-state index in [4.69, 9.17) is 5.73 Å². The van der Waals surface area contributed by atoms with Gasteiger partial charge in [-0.15, -0.1) is 0 Å². The van der Waals surface area contributed by atoms with Gasteiger partial charge in [0.05, 0.1) is 10.5 Å². The van der Waals surface area contributed by atoms with E-state index in [-0.39, 0.29) is 22.8 Å². The molecule has 2 aromatic rings. The molecule has 0 fully saturated rings. The fraction of sp³-hybridized carbons (Fsp3) is 0.0769. The molecule has 1 aromatic carbocycles. The number of amides is 1. The second kappa shape index (κ2) is 5.35. The van der Waals surface area contributed by atoms with Gasteiger partial charge in [-0.2, -0.15) is 0 Å². The van der Waals surface area contributed by atoms with Crippen LogP contribution in [0.25, 0.3) is 0 Å². The molecule has 0 aliphatic carbocycles. The molecule has 0 saturated heterocycles. The van der Waals surface area contributed by atoms with Crippen molar-refractivity contribution in [3.63, 3.8) is 0 Å². The Morgan fingerprint density at radius 3 is 2.80 bits per heavy atom. The Morgan fingerprint density at radius 1 is 1.40 bits per heavy atom. The molecule has 0 aliphatic heterocycles. The Morgan fingerprint density at radius 2 is 2.15 bits per heavy atom. The van der Waals surface area contributed by atoms with E-state index >= 15 is 0 Å². The molecular formula is C13H12N4O3. The minimum Gasteiger partial charge on any atom is -0.383 e. The Bertz CT molecular complexity index is 685. The molecule has 0 aliphatic rings. The van der Waals surface area contributed by atoms with Gasteiger partial charge in [-0.3, -0.25) is 14.9 Å². The number of nitro benzene ring substituents is 1. The number of hydrogen-bond donors (Lipinski definition) is 2. The molecule has 1 amide bonds. The molecular weight excluding hydrogens is 260 g/mol.